The summed E-state index contributed by atoms with van der Waals surface area (Å²) < 4.78 is 7.17. The molecule has 0 N–H and O–H groups in total. The first kappa shape index (κ1) is 35.4. The van der Waals surface area contributed by atoms with Crippen LogP contribution in [0.15, 0.2) is 237 Å². The van der Waals surface area contributed by atoms with E-state index in [0.717, 1.165) is 17.1 Å². The van der Waals surface area contributed by atoms with Gasteiger partial charge in [-0.25, -0.2) is 0 Å². The zero-order chi connectivity index (χ0) is 41.4. The molecule has 0 amide bonds. The second kappa shape index (κ2) is 14.1. The van der Waals surface area contributed by atoms with Gasteiger partial charge < -0.3 is 13.7 Å². The van der Waals surface area contributed by atoms with Crippen molar-refractivity contribution < 1.29 is 0 Å². The van der Waals surface area contributed by atoms with Crippen molar-refractivity contribution in [1.29, 1.82) is 0 Å². The van der Waals surface area contributed by atoms with Crippen LogP contribution in [0.2, 0.25) is 0 Å². The van der Waals surface area contributed by atoms with Crippen molar-refractivity contribution >= 4 is 65.4 Å². The molecule has 0 fully saturated rings. The second-order valence-corrected chi connectivity index (χ2v) is 16.5. The van der Waals surface area contributed by atoms with Crippen LogP contribution in [0.25, 0.3) is 116 Å². The van der Waals surface area contributed by atoms with Gasteiger partial charge in [-0.15, -0.1) is 0 Å². The summed E-state index contributed by atoms with van der Waals surface area (Å²) in [7, 11) is 0. The van der Waals surface area contributed by atoms with Gasteiger partial charge in [0.15, 0.2) is 0 Å². The van der Waals surface area contributed by atoms with Gasteiger partial charge in [0.2, 0.25) is 0 Å². The molecule has 294 valence electrons. The van der Waals surface area contributed by atoms with Crippen LogP contribution >= 0.6 is 0 Å². The number of aromatic nitrogens is 3. The highest BCUT2D eigenvalue weighted by molar-refractivity contribution is 6.14. The third-order valence-corrected chi connectivity index (χ3v) is 13.1. The first-order valence-corrected chi connectivity index (χ1v) is 21.7. The van der Waals surface area contributed by atoms with Crippen molar-refractivity contribution in [2.24, 2.45) is 0 Å². The Morgan fingerprint density at radius 1 is 0.175 bits per heavy atom. The normalized spacial score (nSPS) is 11.8. The number of hydrogen-bond donors (Lipinski definition) is 0. The van der Waals surface area contributed by atoms with Crippen LogP contribution in [0.3, 0.4) is 0 Å². The van der Waals surface area contributed by atoms with Gasteiger partial charge in [0, 0.05) is 49.4 Å². The molecular weight excluding hydrogens is 763 g/mol. The smallest absolute Gasteiger partial charge is 0.0541 e. The molecule has 3 aromatic heterocycles. The van der Waals surface area contributed by atoms with Crippen LogP contribution in [0, 0.1) is 0 Å². The summed E-state index contributed by atoms with van der Waals surface area (Å²) in [6, 6.07) is 86.4. The Hall–Kier alpha value is -8.40. The highest BCUT2D eigenvalue weighted by Gasteiger charge is 2.18. The summed E-state index contributed by atoms with van der Waals surface area (Å²) >= 11 is 0. The summed E-state index contributed by atoms with van der Waals surface area (Å²) in [5, 5.41) is 7.53. The molecular formula is C60H39N3. The van der Waals surface area contributed by atoms with Gasteiger partial charge >= 0.3 is 0 Å². The van der Waals surface area contributed by atoms with Gasteiger partial charge in [-0.1, -0.05) is 146 Å². The SMILES string of the molecule is c1ccc(-c2ccc3c(c2)c2cc(-c4ccc5c(c4)c4ccccc4n5-c4ccc(-c5ccc(-n6c7ccccc7c7ccccc76)cc5)cc4)ccc2n3-c2ccccc2)cc1. The summed E-state index contributed by atoms with van der Waals surface area (Å²) in [6.45, 7) is 0. The monoisotopic (exact) mass is 801 g/mol. The molecule has 0 spiro atoms. The second-order valence-electron chi connectivity index (χ2n) is 16.5. The molecule has 0 bridgehead atoms. The van der Waals surface area contributed by atoms with E-state index < -0.39 is 0 Å². The van der Waals surface area contributed by atoms with Gasteiger partial charge in [0.1, 0.15) is 0 Å². The highest BCUT2D eigenvalue weighted by atomic mass is 15.0. The lowest BCUT2D eigenvalue weighted by Crippen LogP contribution is -1.94. The standard InChI is InChI=1S/C60H39N3/c1-3-13-40(14-4-1)43-27-34-59-53(37-43)54-39-45(29-36-60(54)61(59)46-15-5-2-6-16-46)44-28-35-58-52(38-44)51-19-9-12-22-57(51)63(58)48-32-25-42(26-33-48)41-23-30-47(31-24-41)62-55-20-10-7-17-49(55)50-18-8-11-21-56(50)62/h1-39H. The average Bonchev–Trinajstić information content (AvgIpc) is 4.00. The maximum absolute atomic E-state index is 2.41. The highest BCUT2D eigenvalue weighted by Crippen LogP contribution is 2.40. The van der Waals surface area contributed by atoms with E-state index in [4.69, 9.17) is 0 Å². The summed E-state index contributed by atoms with van der Waals surface area (Å²) in [6.07, 6.45) is 0. The van der Waals surface area contributed by atoms with E-state index in [0.29, 0.717) is 0 Å². The van der Waals surface area contributed by atoms with Crippen molar-refractivity contribution in [3.8, 4) is 50.4 Å². The molecule has 0 aliphatic heterocycles. The van der Waals surface area contributed by atoms with E-state index in [1.165, 1.54) is 98.8 Å². The number of benzene rings is 10. The fourth-order valence-corrected chi connectivity index (χ4v) is 10.1. The molecule has 10 aromatic carbocycles. The molecule has 3 heteroatoms. The van der Waals surface area contributed by atoms with Crippen molar-refractivity contribution in [1.82, 2.24) is 13.7 Å². The number of fused-ring (bicyclic) bond motifs is 9. The Kier molecular flexibility index (Phi) is 7.91. The number of rotatable bonds is 6. The summed E-state index contributed by atoms with van der Waals surface area (Å²) in [5.74, 6) is 0. The Labute approximate surface area is 364 Å². The van der Waals surface area contributed by atoms with Crippen LogP contribution < -0.4 is 0 Å². The predicted octanol–water partition coefficient (Wildman–Crippen LogP) is 16.0. The third-order valence-electron chi connectivity index (χ3n) is 13.1. The lowest BCUT2D eigenvalue weighted by atomic mass is 9.99. The van der Waals surface area contributed by atoms with Crippen LogP contribution in [-0.2, 0) is 0 Å². The van der Waals surface area contributed by atoms with Crippen molar-refractivity contribution in [3.05, 3.63) is 237 Å². The average molecular weight is 802 g/mol. The Morgan fingerprint density at radius 2 is 0.444 bits per heavy atom. The van der Waals surface area contributed by atoms with Gasteiger partial charge in [-0.05, 0) is 124 Å². The number of hydrogen-bond acceptors (Lipinski definition) is 0. The first-order valence-electron chi connectivity index (χ1n) is 21.7. The van der Waals surface area contributed by atoms with E-state index in [9.17, 15) is 0 Å². The molecule has 13 rings (SSSR count). The van der Waals surface area contributed by atoms with E-state index in [1.807, 2.05) is 0 Å². The fraction of sp³-hybridized carbons (Fsp3) is 0. The molecule has 63 heavy (non-hydrogen) atoms. The van der Waals surface area contributed by atoms with Crippen LogP contribution in [0.5, 0.6) is 0 Å². The molecule has 0 saturated carbocycles. The van der Waals surface area contributed by atoms with Crippen molar-refractivity contribution in [2.75, 3.05) is 0 Å². The largest absolute Gasteiger partial charge is 0.309 e. The molecule has 3 heterocycles. The molecule has 0 unspecified atom stereocenters. The molecule has 0 aliphatic carbocycles. The molecule has 3 nitrogen and oxygen atoms in total. The molecule has 0 saturated heterocycles. The van der Waals surface area contributed by atoms with Crippen LogP contribution in [-0.4, -0.2) is 13.7 Å². The Bertz CT molecular complexity index is 3810. The molecule has 0 atom stereocenters. The van der Waals surface area contributed by atoms with E-state index >= 15 is 0 Å². The molecule has 0 aliphatic rings. The Morgan fingerprint density at radius 3 is 0.873 bits per heavy atom. The maximum Gasteiger partial charge on any atom is 0.0541 e. The van der Waals surface area contributed by atoms with Crippen LogP contribution in [0.4, 0.5) is 0 Å². The number of para-hydroxylation sites is 4. The summed E-state index contributed by atoms with van der Waals surface area (Å²) in [4.78, 5) is 0. The zero-order valence-electron chi connectivity index (χ0n) is 34.4. The zero-order valence-corrected chi connectivity index (χ0v) is 34.4. The quantitative estimate of drug-likeness (QED) is 0.159. The fourth-order valence-electron chi connectivity index (χ4n) is 10.1. The summed E-state index contributed by atoms with van der Waals surface area (Å²) in [5.41, 5.74) is 17.9. The van der Waals surface area contributed by atoms with Crippen molar-refractivity contribution in [2.45, 2.75) is 0 Å². The van der Waals surface area contributed by atoms with Gasteiger partial charge in [0.25, 0.3) is 0 Å². The van der Waals surface area contributed by atoms with Gasteiger partial charge in [0.05, 0.1) is 33.1 Å². The number of nitrogens with zero attached hydrogens (tertiary/aromatic N) is 3. The topological polar surface area (TPSA) is 14.8 Å². The Balaban J connectivity index is 0.881. The minimum Gasteiger partial charge on any atom is -0.309 e. The predicted molar refractivity (Wildman–Crippen MR) is 266 cm³/mol. The third kappa shape index (κ3) is 5.60. The van der Waals surface area contributed by atoms with Gasteiger partial charge in [-0.3, -0.25) is 0 Å². The van der Waals surface area contributed by atoms with E-state index in [1.54, 1.807) is 0 Å². The lowest BCUT2D eigenvalue weighted by molar-refractivity contribution is 1.18. The van der Waals surface area contributed by atoms with Crippen molar-refractivity contribution in [3.63, 3.8) is 0 Å². The first-order chi connectivity index (χ1) is 31.2. The minimum atomic E-state index is 1.14. The molecule has 13 aromatic rings. The molecule has 0 radical (unpaired) electrons. The van der Waals surface area contributed by atoms with E-state index in [-0.39, 0.29) is 0 Å². The maximum atomic E-state index is 2.41. The van der Waals surface area contributed by atoms with Crippen LogP contribution in [0.1, 0.15) is 0 Å². The van der Waals surface area contributed by atoms with E-state index in [2.05, 4.69) is 250 Å². The minimum absolute atomic E-state index is 1.14. The lowest BCUT2D eigenvalue weighted by Gasteiger charge is -2.11. The van der Waals surface area contributed by atoms with Gasteiger partial charge in [-0.2, -0.15) is 0 Å².